The summed E-state index contributed by atoms with van der Waals surface area (Å²) in [5.41, 5.74) is 1.20. The second kappa shape index (κ2) is 6.23. The fourth-order valence-corrected chi connectivity index (χ4v) is 1.64. The van der Waals surface area contributed by atoms with Crippen LogP contribution in [0.5, 0.6) is 11.6 Å². The Labute approximate surface area is 113 Å². The summed E-state index contributed by atoms with van der Waals surface area (Å²) in [6.07, 6.45) is 1.65. The zero-order chi connectivity index (χ0) is 14.5. The molecule has 0 saturated heterocycles. The standard InChI is InChI=1S/C13H11F3N2O2/c1-19-12-6-9(17-7-18-12)4-8-2-3-10(14)11(5-8)20-13(15)16/h2-3,5-7,13H,4H2,1H3. The molecule has 0 amide bonds. The molecule has 2 aromatic rings. The molecule has 1 aromatic carbocycles. The van der Waals surface area contributed by atoms with Gasteiger partial charge in [-0.15, -0.1) is 0 Å². The highest BCUT2D eigenvalue weighted by atomic mass is 19.3. The summed E-state index contributed by atoms with van der Waals surface area (Å²) < 4.78 is 46.6. The Hall–Kier alpha value is -2.31. The summed E-state index contributed by atoms with van der Waals surface area (Å²) in [5.74, 6) is -0.936. The van der Waals surface area contributed by atoms with Crippen LogP contribution in [0.4, 0.5) is 13.2 Å². The topological polar surface area (TPSA) is 44.2 Å². The minimum atomic E-state index is -3.07. The minimum absolute atomic E-state index is 0.318. The molecule has 20 heavy (non-hydrogen) atoms. The first-order valence-electron chi connectivity index (χ1n) is 5.66. The van der Waals surface area contributed by atoms with Gasteiger partial charge in [-0.1, -0.05) is 6.07 Å². The fraction of sp³-hybridized carbons (Fsp3) is 0.231. The number of alkyl halides is 2. The van der Waals surface area contributed by atoms with Crippen molar-refractivity contribution in [1.29, 1.82) is 0 Å². The van der Waals surface area contributed by atoms with E-state index < -0.39 is 18.2 Å². The number of benzene rings is 1. The maximum atomic E-state index is 13.3. The molecule has 0 aliphatic heterocycles. The Kier molecular flexibility index (Phi) is 4.39. The lowest BCUT2D eigenvalue weighted by Crippen LogP contribution is -2.04. The highest BCUT2D eigenvalue weighted by Crippen LogP contribution is 2.22. The van der Waals surface area contributed by atoms with Gasteiger partial charge in [-0.3, -0.25) is 0 Å². The number of rotatable bonds is 5. The second-order valence-corrected chi connectivity index (χ2v) is 3.87. The zero-order valence-electron chi connectivity index (χ0n) is 10.5. The SMILES string of the molecule is COc1cc(Cc2ccc(F)c(OC(F)F)c2)ncn1. The van der Waals surface area contributed by atoms with Crippen LogP contribution in [-0.2, 0) is 6.42 Å². The van der Waals surface area contributed by atoms with Gasteiger partial charge in [-0.05, 0) is 17.7 Å². The number of hydrogen-bond donors (Lipinski definition) is 0. The molecular formula is C13H11F3N2O2. The van der Waals surface area contributed by atoms with Crippen LogP contribution in [0.15, 0.2) is 30.6 Å². The number of nitrogens with zero attached hydrogens (tertiary/aromatic N) is 2. The van der Waals surface area contributed by atoms with Crippen molar-refractivity contribution in [3.63, 3.8) is 0 Å². The van der Waals surface area contributed by atoms with Crippen molar-refractivity contribution in [2.75, 3.05) is 7.11 Å². The fourth-order valence-electron chi connectivity index (χ4n) is 1.64. The number of methoxy groups -OCH3 is 1. The first-order chi connectivity index (χ1) is 9.58. The Balaban J connectivity index is 2.20. The number of halogens is 3. The average Bonchev–Trinajstić information content (AvgIpc) is 2.42. The lowest BCUT2D eigenvalue weighted by Gasteiger charge is -2.08. The first-order valence-corrected chi connectivity index (χ1v) is 5.66. The molecule has 2 rings (SSSR count). The van der Waals surface area contributed by atoms with E-state index in [1.807, 2.05) is 0 Å². The van der Waals surface area contributed by atoms with Crippen LogP contribution in [0.1, 0.15) is 11.3 Å². The minimum Gasteiger partial charge on any atom is -0.481 e. The summed E-state index contributed by atoms with van der Waals surface area (Å²) in [4.78, 5) is 7.88. The highest BCUT2D eigenvalue weighted by Gasteiger charge is 2.11. The second-order valence-electron chi connectivity index (χ2n) is 3.87. The predicted octanol–water partition coefficient (Wildman–Crippen LogP) is 2.82. The number of hydrogen-bond acceptors (Lipinski definition) is 4. The van der Waals surface area contributed by atoms with Gasteiger partial charge in [-0.25, -0.2) is 14.4 Å². The van der Waals surface area contributed by atoms with Gasteiger partial charge in [-0.2, -0.15) is 8.78 Å². The molecule has 0 aliphatic carbocycles. The van der Waals surface area contributed by atoms with E-state index in [-0.39, 0.29) is 0 Å². The number of aromatic nitrogens is 2. The lowest BCUT2D eigenvalue weighted by atomic mass is 10.1. The van der Waals surface area contributed by atoms with Gasteiger partial charge in [0.05, 0.1) is 12.8 Å². The molecule has 1 aromatic heterocycles. The van der Waals surface area contributed by atoms with Crippen molar-refractivity contribution < 1.29 is 22.6 Å². The summed E-state index contributed by atoms with van der Waals surface area (Å²) >= 11 is 0. The Morgan fingerprint density at radius 1 is 1.20 bits per heavy atom. The Morgan fingerprint density at radius 2 is 2.00 bits per heavy atom. The van der Waals surface area contributed by atoms with Crippen molar-refractivity contribution in [1.82, 2.24) is 9.97 Å². The van der Waals surface area contributed by atoms with Crippen LogP contribution in [-0.4, -0.2) is 23.7 Å². The van der Waals surface area contributed by atoms with E-state index in [1.54, 1.807) is 6.07 Å². The molecule has 0 radical (unpaired) electrons. The maximum absolute atomic E-state index is 13.3. The van der Waals surface area contributed by atoms with Crippen LogP contribution < -0.4 is 9.47 Å². The van der Waals surface area contributed by atoms with Crippen molar-refractivity contribution in [2.24, 2.45) is 0 Å². The van der Waals surface area contributed by atoms with Crippen LogP contribution in [0, 0.1) is 5.82 Å². The monoisotopic (exact) mass is 284 g/mol. The van der Waals surface area contributed by atoms with Crippen molar-refractivity contribution in [3.05, 3.63) is 47.7 Å². The molecule has 7 heteroatoms. The maximum Gasteiger partial charge on any atom is 0.387 e. The number of ether oxygens (including phenoxy) is 2. The summed E-state index contributed by atoms with van der Waals surface area (Å²) in [5, 5.41) is 0. The molecular weight excluding hydrogens is 273 g/mol. The van der Waals surface area contributed by atoms with E-state index >= 15 is 0 Å². The van der Waals surface area contributed by atoms with E-state index in [4.69, 9.17) is 4.74 Å². The van der Waals surface area contributed by atoms with Crippen LogP contribution >= 0.6 is 0 Å². The molecule has 0 N–H and O–H groups in total. The third-order valence-electron chi connectivity index (χ3n) is 2.50. The van der Waals surface area contributed by atoms with E-state index in [2.05, 4.69) is 14.7 Å². The molecule has 0 saturated carbocycles. The average molecular weight is 284 g/mol. The highest BCUT2D eigenvalue weighted by molar-refractivity contribution is 5.33. The molecule has 0 fully saturated rings. The summed E-state index contributed by atoms with van der Waals surface area (Å²) in [6.45, 7) is -3.07. The smallest absolute Gasteiger partial charge is 0.387 e. The third-order valence-corrected chi connectivity index (χ3v) is 2.50. The van der Waals surface area contributed by atoms with E-state index in [0.717, 1.165) is 6.07 Å². The van der Waals surface area contributed by atoms with Crippen molar-refractivity contribution >= 4 is 0 Å². The van der Waals surface area contributed by atoms with Gasteiger partial charge in [0.1, 0.15) is 6.33 Å². The van der Waals surface area contributed by atoms with Gasteiger partial charge in [0.15, 0.2) is 11.6 Å². The first kappa shape index (κ1) is 14.1. The van der Waals surface area contributed by atoms with Crippen LogP contribution in [0.25, 0.3) is 0 Å². The van der Waals surface area contributed by atoms with Gasteiger partial charge in [0, 0.05) is 12.5 Å². The van der Waals surface area contributed by atoms with Gasteiger partial charge < -0.3 is 9.47 Å². The molecule has 1 heterocycles. The predicted molar refractivity (Wildman–Crippen MR) is 64.4 cm³/mol. The van der Waals surface area contributed by atoms with E-state index in [9.17, 15) is 13.2 Å². The van der Waals surface area contributed by atoms with Crippen LogP contribution in [0.2, 0.25) is 0 Å². The molecule has 106 valence electrons. The summed E-state index contributed by atoms with van der Waals surface area (Å²) in [7, 11) is 1.47. The molecule has 0 aliphatic rings. The Bertz CT molecular complexity index is 594. The van der Waals surface area contributed by atoms with Gasteiger partial charge in [0.2, 0.25) is 5.88 Å². The molecule has 0 bridgehead atoms. The summed E-state index contributed by atoms with van der Waals surface area (Å²) in [6, 6.07) is 5.38. The van der Waals surface area contributed by atoms with Crippen molar-refractivity contribution in [3.8, 4) is 11.6 Å². The van der Waals surface area contributed by atoms with Crippen LogP contribution in [0.3, 0.4) is 0 Å². The molecule has 0 atom stereocenters. The zero-order valence-corrected chi connectivity index (χ0v) is 10.5. The largest absolute Gasteiger partial charge is 0.481 e. The third kappa shape index (κ3) is 3.59. The Morgan fingerprint density at radius 3 is 2.70 bits per heavy atom. The van der Waals surface area contributed by atoms with Gasteiger partial charge in [0.25, 0.3) is 0 Å². The molecule has 0 unspecified atom stereocenters. The van der Waals surface area contributed by atoms with E-state index in [0.29, 0.717) is 23.6 Å². The van der Waals surface area contributed by atoms with E-state index in [1.165, 1.54) is 25.6 Å². The molecule has 0 spiro atoms. The normalized spacial score (nSPS) is 10.7. The van der Waals surface area contributed by atoms with Gasteiger partial charge >= 0.3 is 6.61 Å². The molecule has 4 nitrogen and oxygen atoms in total. The quantitative estimate of drug-likeness (QED) is 0.847. The van der Waals surface area contributed by atoms with Crippen molar-refractivity contribution in [2.45, 2.75) is 13.0 Å². The lowest BCUT2D eigenvalue weighted by molar-refractivity contribution is -0.0522.